The van der Waals surface area contributed by atoms with Crippen LogP contribution in [0.2, 0.25) is 0 Å². The van der Waals surface area contributed by atoms with Crippen molar-refractivity contribution in [1.29, 1.82) is 0 Å². The highest BCUT2D eigenvalue weighted by atomic mass is 79.9. The van der Waals surface area contributed by atoms with Gasteiger partial charge in [0.05, 0.1) is 22.3 Å². The second kappa shape index (κ2) is 6.25. The lowest BCUT2D eigenvalue weighted by atomic mass is 10.2. The molecule has 1 heterocycles. The van der Waals surface area contributed by atoms with Crippen molar-refractivity contribution in [3.05, 3.63) is 38.7 Å². The molecule has 2 aromatic rings. The summed E-state index contributed by atoms with van der Waals surface area (Å²) >= 11 is 5.13. The predicted octanol–water partition coefficient (Wildman–Crippen LogP) is 3.90. The Balaban J connectivity index is 1.99. The van der Waals surface area contributed by atoms with Gasteiger partial charge in [-0.05, 0) is 34.5 Å². The highest BCUT2D eigenvalue weighted by Crippen LogP contribution is 2.28. The summed E-state index contributed by atoms with van der Waals surface area (Å²) in [5.74, 6) is -0.261. The van der Waals surface area contributed by atoms with Crippen molar-refractivity contribution >= 4 is 38.6 Å². The quantitative estimate of drug-likeness (QED) is 0.808. The molecule has 0 aliphatic rings. The van der Waals surface area contributed by atoms with Gasteiger partial charge in [-0.3, -0.25) is 0 Å². The molecule has 0 amide bonds. The number of nitrogens with one attached hydrogen (secondary N) is 1. The van der Waals surface area contributed by atoms with Crippen molar-refractivity contribution in [1.82, 2.24) is 0 Å². The van der Waals surface area contributed by atoms with Crippen molar-refractivity contribution in [3.8, 4) is 5.75 Å². The fourth-order valence-corrected chi connectivity index (χ4v) is 3.17. The summed E-state index contributed by atoms with van der Waals surface area (Å²) in [6.45, 7) is 0.728. The summed E-state index contributed by atoms with van der Waals surface area (Å²) in [5.41, 5.74) is 6.83. The van der Waals surface area contributed by atoms with E-state index in [1.807, 2.05) is 6.07 Å². The molecule has 0 saturated heterocycles. The average Bonchev–Trinajstić information content (AvgIpc) is 2.78. The summed E-state index contributed by atoms with van der Waals surface area (Å²) in [4.78, 5) is 1.27. The maximum atomic E-state index is 13.4. The number of ether oxygens (including phenoxy) is 1. The Morgan fingerprint density at radius 3 is 2.84 bits per heavy atom. The SMILES string of the molecule is COc1cc(NCCc2ccc(Br)s2)c(N)cc1F. The van der Waals surface area contributed by atoms with E-state index >= 15 is 0 Å². The number of methoxy groups -OCH3 is 1. The van der Waals surface area contributed by atoms with Gasteiger partial charge in [-0.2, -0.15) is 0 Å². The molecule has 3 N–H and O–H groups in total. The third-order valence-electron chi connectivity index (χ3n) is 2.64. The minimum Gasteiger partial charge on any atom is -0.494 e. The predicted molar refractivity (Wildman–Crippen MR) is 81.6 cm³/mol. The van der Waals surface area contributed by atoms with Crippen LogP contribution in [0.15, 0.2) is 28.1 Å². The first-order valence-corrected chi connectivity index (χ1v) is 7.32. The van der Waals surface area contributed by atoms with Crippen LogP contribution in [0.4, 0.5) is 15.8 Å². The minimum absolute atomic E-state index is 0.190. The summed E-state index contributed by atoms with van der Waals surface area (Å²) in [6.07, 6.45) is 0.884. The molecule has 0 radical (unpaired) electrons. The molecule has 2 rings (SSSR count). The molecule has 6 heteroatoms. The zero-order chi connectivity index (χ0) is 13.8. The number of hydrogen-bond donors (Lipinski definition) is 2. The van der Waals surface area contributed by atoms with E-state index in [4.69, 9.17) is 10.5 Å². The molecule has 19 heavy (non-hydrogen) atoms. The lowest BCUT2D eigenvalue weighted by molar-refractivity contribution is 0.387. The molecule has 0 bridgehead atoms. The Bertz CT molecular complexity index is 574. The van der Waals surface area contributed by atoms with Gasteiger partial charge in [0.25, 0.3) is 0 Å². The topological polar surface area (TPSA) is 47.3 Å². The second-order valence-electron chi connectivity index (χ2n) is 3.96. The third-order valence-corrected chi connectivity index (χ3v) is 4.32. The largest absolute Gasteiger partial charge is 0.494 e. The molecule has 0 aliphatic carbocycles. The van der Waals surface area contributed by atoms with Crippen LogP contribution in [0.5, 0.6) is 5.75 Å². The lowest BCUT2D eigenvalue weighted by Gasteiger charge is -2.11. The fraction of sp³-hybridized carbons (Fsp3) is 0.231. The molecular formula is C13H14BrFN2OS. The normalized spacial score (nSPS) is 10.5. The number of halogens is 2. The molecule has 1 aromatic carbocycles. The van der Waals surface area contributed by atoms with E-state index in [0.29, 0.717) is 11.4 Å². The smallest absolute Gasteiger partial charge is 0.167 e. The molecule has 0 fully saturated rings. The van der Waals surface area contributed by atoms with Crippen molar-refractivity contribution in [2.24, 2.45) is 0 Å². The number of hydrogen-bond acceptors (Lipinski definition) is 4. The van der Waals surface area contributed by atoms with Gasteiger partial charge in [0.2, 0.25) is 0 Å². The molecule has 0 unspecified atom stereocenters. The number of nitrogens with two attached hydrogens (primary N) is 1. The molecule has 1 aromatic heterocycles. The number of rotatable bonds is 5. The Kier molecular flexibility index (Phi) is 4.66. The van der Waals surface area contributed by atoms with Crippen LogP contribution in [0, 0.1) is 5.82 Å². The maximum Gasteiger partial charge on any atom is 0.167 e. The number of benzene rings is 1. The zero-order valence-corrected chi connectivity index (χ0v) is 12.8. The standard InChI is InChI=1S/C13H14BrFN2OS/c1-18-12-7-11(10(16)6-9(12)15)17-5-4-8-2-3-13(14)19-8/h2-3,6-7,17H,4-5,16H2,1H3. The van der Waals surface area contributed by atoms with Gasteiger partial charge in [-0.15, -0.1) is 11.3 Å². The van der Waals surface area contributed by atoms with Crippen LogP contribution in [0.1, 0.15) is 4.88 Å². The molecule has 0 spiro atoms. The highest BCUT2D eigenvalue weighted by molar-refractivity contribution is 9.11. The molecule has 102 valence electrons. The van der Waals surface area contributed by atoms with E-state index < -0.39 is 5.82 Å². The van der Waals surface area contributed by atoms with E-state index in [0.717, 1.165) is 16.8 Å². The number of anilines is 2. The Hall–Kier alpha value is -1.27. The summed E-state index contributed by atoms with van der Waals surface area (Å²) in [6, 6.07) is 6.94. The van der Waals surface area contributed by atoms with Crippen LogP contribution in [0.3, 0.4) is 0 Å². The molecule has 0 aliphatic heterocycles. The number of nitrogen functional groups attached to an aromatic ring is 1. The first-order chi connectivity index (χ1) is 9.10. The van der Waals surface area contributed by atoms with Gasteiger partial charge in [-0.1, -0.05) is 0 Å². The lowest BCUT2D eigenvalue weighted by Crippen LogP contribution is -2.07. The van der Waals surface area contributed by atoms with Gasteiger partial charge >= 0.3 is 0 Å². The molecule has 0 saturated carbocycles. The molecule has 0 atom stereocenters. The monoisotopic (exact) mass is 344 g/mol. The van der Waals surface area contributed by atoms with Crippen molar-refractivity contribution < 1.29 is 9.13 Å². The van der Waals surface area contributed by atoms with E-state index in [1.54, 1.807) is 17.4 Å². The van der Waals surface area contributed by atoms with Crippen LogP contribution in [-0.2, 0) is 6.42 Å². The average molecular weight is 345 g/mol. The Labute approximate surface area is 123 Å². The van der Waals surface area contributed by atoms with Crippen molar-refractivity contribution in [2.45, 2.75) is 6.42 Å². The van der Waals surface area contributed by atoms with Gasteiger partial charge in [0.1, 0.15) is 0 Å². The first kappa shape index (κ1) is 14.1. The highest BCUT2D eigenvalue weighted by Gasteiger charge is 2.08. The zero-order valence-electron chi connectivity index (χ0n) is 10.4. The van der Waals surface area contributed by atoms with Gasteiger partial charge in [0, 0.05) is 23.6 Å². The van der Waals surface area contributed by atoms with Crippen molar-refractivity contribution in [3.63, 3.8) is 0 Å². The van der Waals surface area contributed by atoms with Gasteiger partial charge in [-0.25, -0.2) is 4.39 Å². The minimum atomic E-state index is -0.451. The summed E-state index contributed by atoms with van der Waals surface area (Å²) in [7, 11) is 1.43. The Morgan fingerprint density at radius 2 is 2.21 bits per heavy atom. The maximum absolute atomic E-state index is 13.4. The van der Waals surface area contributed by atoms with Crippen LogP contribution < -0.4 is 15.8 Å². The molecular weight excluding hydrogens is 331 g/mol. The summed E-state index contributed by atoms with van der Waals surface area (Å²) in [5, 5.41) is 3.19. The van der Waals surface area contributed by atoms with E-state index in [-0.39, 0.29) is 5.75 Å². The van der Waals surface area contributed by atoms with Gasteiger partial charge in [0.15, 0.2) is 11.6 Å². The van der Waals surface area contributed by atoms with Gasteiger partial charge < -0.3 is 15.8 Å². The summed E-state index contributed by atoms with van der Waals surface area (Å²) < 4.78 is 19.4. The van der Waals surface area contributed by atoms with Crippen LogP contribution >= 0.6 is 27.3 Å². The fourth-order valence-electron chi connectivity index (χ4n) is 1.68. The molecule has 3 nitrogen and oxygen atoms in total. The van der Waals surface area contributed by atoms with E-state index in [9.17, 15) is 4.39 Å². The third kappa shape index (κ3) is 3.61. The van der Waals surface area contributed by atoms with Crippen LogP contribution in [0.25, 0.3) is 0 Å². The number of thiophene rings is 1. The Morgan fingerprint density at radius 1 is 1.42 bits per heavy atom. The van der Waals surface area contributed by atoms with E-state index in [2.05, 4.69) is 27.3 Å². The van der Waals surface area contributed by atoms with Crippen molar-refractivity contribution in [2.75, 3.05) is 24.7 Å². The first-order valence-electron chi connectivity index (χ1n) is 5.71. The van der Waals surface area contributed by atoms with Crippen LogP contribution in [-0.4, -0.2) is 13.7 Å². The van der Waals surface area contributed by atoms with E-state index in [1.165, 1.54) is 18.1 Å². The second-order valence-corrected chi connectivity index (χ2v) is 6.50.